The molecule has 1 amide bonds. The van der Waals surface area contributed by atoms with E-state index in [4.69, 9.17) is 28.6 Å². The van der Waals surface area contributed by atoms with E-state index < -0.39 is 11.7 Å². The van der Waals surface area contributed by atoms with Crippen molar-refractivity contribution in [3.63, 3.8) is 0 Å². The maximum atomic E-state index is 13.5. The summed E-state index contributed by atoms with van der Waals surface area (Å²) in [4.78, 5) is 11.7. The van der Waals surface area contributed by atoms with E-state index in [1.165, 1.54) is 12.1 Å². The minimum atomic E-state index is -0.450. The molecule has 0 fully saturated rings. The molecular formula is C16H15ClFN3O2S. The van der Waals surface area contributed by atoms with Crippen molar-refractivity contribution in [3.8, 4) is 5.75 Å². The number of amides is 1. The summed E-state index contributed by atoms with van der Waals surface area (Å²) in [6, 6.07) is 11.1. The van der Waals surface area contributed by atoms with E-state index in [1.807, 2.05) is 6.92 Å². The van der Waals surface area contributed by atoms with Crippen molar-refractivity contribution in [2.75, 3.05) is 11.9 Å². The summed E-state index contributed by atoms with van der Waals surface area (Å²) in [7, 11) is 0. The molecule has 0 aromatic heterocycles. The Balaban J connectivity index is 1.75. The molecule has 0 bridgehead atoms. The van der Waals surface area contributed by atoms with E-state index in [-0.39, 0.29) is 17.4 Å². The highest BCUT2D eigenvalue weighted by Crippen LogP contribution is 2.20. The molecule has 8 heteroatoms. The fourth-order valence-corrected chi connectivity index (χ4v) is 2.01. The van der Waals surface area contributed by atoms with Gasteiger partial charge >= 0.3 is 0 Å². The molecular weight excluding hydrogens is 353 g/mol. The van der Waals surface area contributed by atoms with Crippen molar-refractivity contribution in [2.24, 2.45) is 0 Å². The van der Waals surface area contributed by atoms with Crippen molar-refractivity contribution in [2.45, 2.75) is 6.92 Å². The third kappa shape index (κ3) is 5.36. The number of nitrogens with one attached hydrogen (secondary N) is 3. The van der Waals surface area contributed by atoms with Crippen molar-refractivity contribution >= 4 is 40.5 Å². The monoisotopic (exact) mass is 367 g/mol. The van der Waals surface area contributed by atoms with Crippen LogP contribution < -0.4 is 20.9 Å². The Labute approximate surface area is 149 Å². The van der Waals surface area contributed by atoms with Crippen molar-refractivity contribution in [1.82, 2.24) is 10.9 Å². The van der Waals surface area contributed by atoms with Crippen LogP contribution in [0.4, 0.5) is 10.1 Å². The molecule has 0 aliphatic heterocycles. The van der Waals surface area contributed by atoms with Crippen molar-refractivity contribution in [1.29, 1.82) is 0 Å². The summed E-state index contributed by atoms with van der Waals surface area (Å²) in [6.07, 6.45) is 0. The Kier molecular flexibility index (Phi) is 6.34. The molecule has 24 heavy (non-hydrogen) atoms. The lowest BCUT2D eigenvalue weighted by atomic mass is 10.2. The number of rotatable bonds is 4. The molecule has 2 aromatic rings. The Bertz CT molecular complexity index is 758. The number of para-hydroxylation sites is 1. The Hall–Kier alpha value is -2.38. The van der Waals surface area contributed by atoms with Crippen molar-refractivity contribution in [3.05, 3.63) is 58.9 Å². The normalized spacial score (nSPS) is 9.96. The second-order valence-corrected chi connectivity index (χ2v) is 5.62. The number of hydrogen-bond acceptors (Lipinski definition) is 3. The number of carbonyl (C=O) groups is 1. The molecule has 126 valence electrons. The van der Waals surface area contributed by atoms with E-state index in [9.17, 15) is 9.18 Å². The fraction of sp³-hybridized carbons (Fsp3) is 0.125. The van der Waals surface area contributed by atoms with Crippen LogP contribution in [0.25, 0.3) is 0 Å². The van der Waals surface area contributed by atoms with E-state index in [1.54, 1.807) is 30.3 Å². The maximum Gasteiger partial charge on any atom is 0.276 e. The van der Waals surface area contributed by atoms with Gasteiger partial charge in [-0.25, -0.2) is 4.39 Å². The fourth-order valence-electron chi connectivity index (χ4n) is 1.73. The van der Waals surface area contributed by atoms with Gasteiger partial charge in [-0.05, 0) is 55.0 Å². The second-order valence-electron chi connectivity index (χ2n) is 4.81. The number of aryl methyl sites for hydroxylation is 1. The first kappa shape index (κ1) is 18.0. The van der Waals surface area contributed by atoms with Gasteiger partial charge in [0.25, 0.3) is 5.91 Å². The van der Waals surface area contributed by atoms with Crippen LogP contribution >= 0.6 is 23.8 Å². The topological polar surface area (TPSA) is 62.4 Å². The van der Waals surface area contributed by atoms with Gasteiger partial charge in [-0.1, -0.05) is 23.7 Å². The predicted octanol–water partition coefficient (Wildman–Crippen LogP) is 3.18. The molecule has 0 unspecified atom stereocenters. The molecule has 0 atom stereocenters. The van der Waals surface area contributed by atoms with E-state index >= 15 is 0 Å². The van der Waals surface area contributed by atoms with Gasteiger partial charge in [-0.3, -0.25) is 15.6 Å². The van der Waals surface area contributed by atoms with Gasteiger partial charge in [0.1, 0.15) is 11.6 Å². The molecule has 5 nitrogen and oxygen atoms in total. The number of thiocarbonyl (C=S) groups is 1. The summed E-state index contributed by atoms with van der Waals surface area (Å²) in [5.41, 5.74) is 5.88. The van der Waals surface area contributed by atoms with E-state index in [2.05, 4.69) is 16.2 Å². The number of ether oxygens (including phenoxy) is 1. The third-order valence-electron chi connectivity index (χ3n) is 2.94. The van der Waals surface area contributed by atoms with Crippen LogP contribution in [0.2, 0.25) is 5.02 Å². The average molecular weight is 368 g/mol. The number of carbonyl (C=O) groups excluding carboxylic acids is 1. The van der Waals surface area contributed by atoms with Gasteiger partial charge in [-0.2, -0.15) is 0 Å². The molecule has 0 radical (unpaired) electrons. The van der Waals surface area contributed by atoms with Gasteiger partial charge in [0, 0.05) is 5.02 Å². The lowest BCUT2D eigenvalue weighted by Gasteiger charge is -2.12. The zero-order valence-electron chi connectivity index (χ0n) is 12.7. The summed E-state index contributed by atoms with van der Waals surface area (Å²) < 4.78 is 18.8. The maximum absolute atomic E-state index is 13.5. The number of benzene rings is 2. The quantitative estimate of drug-likeness (QED) is 0.572. The van der Waals surface area contributed by atoms with Crippen LogP contribution in [0.5, 0.6) is 5.75 Å². The van der Waals surface area contributed by atoms with Gasteiger partial charge in [0.2, 0.25) is 0 Å². The van der Waals surface area contributed by atoms with Crippen LogP contribution in [-0.4, -0.2) is 17.6 Å². The van der Waals surface area contributed by atoms with Gasteiger partial charge < -0.3 is 10.1 Å². The summed E-state index contributed by atoms with van der Waals surface area (Å²) in [6.45, 7) is 1.63. The average Bonchev–Trinajstić information content (AvgIpc) is 2.56. The van der Waals surface area contributed by atoms with E-state index in [0.29, 0.717) is 10.8 Å². The largest absolute Gasteiger partial charge is 0.484 e. The van der Waals surface area contributed by atoms with Crippen molar-refractivity contribution < 1.29 is 13.9 Å². The molecule has 2 aromatic carbocycles. The smallest absolute Gasteiger partial charge is 0.276 e. The highest BCUT2D eigenvalue weighted by molar-refractivity contribution is 7.80. The molecule has 0 heterocycles. The second kappa shape index (κ2) is 8.47. The van der Waals surface area contributed by atoms with Gasteiger partial charge in [-0.15, -0.1) is 0 Å². The van der Waals surface area contributed by atoms with Crippen LogP contribution in [0.15, 0.2) is 42.5 Å². The minimum absolute atomic E-state index is 0.0517. The highest BCUT2D eigenvalue weighted by atomic mass is 35.5. The zero-order chi connectivity index (χ0) is 17.5. The van der Waals surface area contributed by atoms with Crippen LogP contribution in [0, 0.1) is 12.7 Å². The number of hydrogen-bond donors (Lipinski definition) is 3. The first-order valence-corrected chi connectivity index (χ1v) is 7.73. The first-order valence-electron chi connectivity index (χ1n) is 6.95. The Morgan fingerprint density at radius 1 is 1.25 bits per heavy atom. The molecule has 0 saturated carbocycles. The predicted molar refractivity (Wildman–Crippen MR) is 95.6 cm³/mol. The Morgan fingerprint density at radius 2 is 2.00 bits per heavy atom. The zero-order valence-corrected chi connectivity index (χ0v) is 14.3. The molecule has 0 spiro atoms. The molecule has 3 N–H and O–H groups in total. The lowest BCUT2D eigenvalue weighted by Crippen LogP contribution is -2.45. The standard InChI is InChI=1S/C16H15ClFN3O2S/c1-10-8-11(6-7-12(10)17)23-9-15(22)20-21-16(24)19-14-5-3-2-4-13(14)18/h2-8H,9H2,1H3,(H,20,22)(H2,19,21,24). The van der Waals surface area contributed by atoms with E-state index in [0.717, 1.165) is 5.56 Å². The van der Waals surface area contributed by atoms with Crippen LogP contribution in [0.1, 0.15) is 5.56 Å². The van der Waals surface area contributed by atoms with Gasteiger partial charge in [0.15, 0.2) is 11.7 Å². The summed E-state index contributed by atoms with van der Waals surface area (Å²) >= 11 is 10.9. The lowest BCUT2D eigenvalue weighted by molar-refractivity contribution is -0.123. The molecule has 0 aliphatic rings. The number of anilines is 1. The molecule has 0 saturated heterocycles. The summed E-state index contributed by atoms with van der Waals surface area (Å²) in [5.74, 6) is -0.367. The van der Waals surface area contributed by atoms with Crippen LogP contribution in [0.3, 0.4) is 0 Å². The number of halogens is 2. The van der Waals surface area contributed by atoms with Gasteiger partial charge in [0.05, 0.1) is 5.69 Å². The molecule has 0 aliphatic carbocycles. The summed E-state index contributed by atoms with van der Waals surface area (Å²) in [5, 5.41) is 3.30. The number of hydrazine groups is 1. The first-order chi connectivity index (χ1) is 11.5. The Morgan fingerprint density at radius 3 is 2.71 bits per heavy atom. The third-order valence-corrected chi connectivity index (χ3v) is 3.57. The SMILES string of the molecule is Cc1cc(OCC(=O)NNC(=S)Nc2ccccc2F)ccc1Cl. The highest BCUT2D eigenvalue weighted by Gasteiger charge is 2.06. The minimum Gasteiger partial charge on any atom is -0.484 e. The van der Waals surface area contributed by atoms with Crippen LogP contribution in [-0.2, 0) is 4.79 Å². The molecule has 2 rings (SSSR count).